The van der Waals surface area contributed by atoms with Gasteiger partial charge in [0.05, 0.1) is 11.3 Å². The number of carbonyl (C=O) groups excluding carboxylic acids is 1. The molecule has 9 nitrogen and oxygen atoms in total. The smallest absolute Gasteiger partial charge is 0.405 e. The number of benzene rings is 1. The molecule has 2 atom stereocenters. The minimum Gasteiger partial charge on any atom is -0.405 e. The normalized spacial score (nSPS) is 22.3. The fraction of sp³-hybridized carbons (Fsp3) is 0.500. The maximum Gasteiger partial charge on any atom is 0.573 e. The Hall–Kier alpha value is -2.90. The maximum absolute atomic E-state index is 13.3. The van der Waals surface area contributed by atoms with Gasteiger partial charge in [0.25, 0.3) is 5.91 Å². The molecule has 3 heterocycles. The highest BCUT2D eigenvalue weighted by Crippen LogP contribution is 2.40. The number of para-hydroxylation sites is 1. The lowest BCUT2D eigenvalue weighted by Crippen LogP contribution is -2.45. The van der Waals surface area contributed by atoms with E-state index in [2.05, 4.69) is 21.4 Å². The highest BCUT2D eigenvalue weighted by molar-refractivity contribution is 7.87. The van der Waals surface area contributed by atoms with E-state index in [9.17, 15) is 26.4 Å². The molecule has 2 fully saturated rings. The second-order valence-electron chi connectivity index (χ2n) is 9.95. The number of aromatic nitrogens is 1. The van der Waals surface area contributed by atoms with Crippen LogP contribution in [0.25, 0.3) is 11.3 Å². The third-order valence-electron chi connectivity index (χ3n) is 7.20. The molecule has 0 spiro atoms. The minimum absolute atomic E-state index is 0.00721. The summed E-state index contributed by atoms with van der Waals surface area (Å²) in [5, 5.41) is 0. The summed E-state index contributed by atoms with van der Waals surface area (Å²) in [6.07, 6.45) is -3.63. The molecular weight excluding hydrogens is 511 g/mol. The average Bonchev–Trinajstić information content (AvgIpc) is 3.35. The number of carbonyl (C=O) groups is 1. The zero-order chi connectivity index (χ0) is 27.2. The van der Waals surface area contributed by atoms with E-state index in [1.165, 1.54) is 30.3 Å². The predicted molar refractivity (Wildman–Crippen MR) is 132 cm³/mol. The lowest BCUT2D eigenvalue weighted by atomic mass is 9.90. The van der Waals surface area contributed by atoms with Gasteiger partial charge >= 0.3 is 16.6 Å². The lowest BCUT2D eigenvalue weighted by molar-refractivity contribution is -0.274. The Morgan fingerprint density at radius 2 is 1.86 bits per heavy atom. The number of alkyl halides is 3. The molecular formula is C24H30F3N5O4S. The topological polar surface area (TPSA) is 118 Å². The summed E-state index contributed by atoms with van der Waals surface area (Å²) in [7, 11) is -4.15. The van der Waals surface area contributed by atoms with Gasteiger partial charge in [-0.2, -0.15) is 12.7 Å². The summed E-state index contributed by atoms with van der Waals surface area (Å²) in [6.45, 7) is 6.82. The Balaban J connectivity index is 1.76. The summed E-state index contributed by atoms with van der Waals surface area (Å²) in [5.74, 6) is -0.929. The van der Waals surface area contributed by atoms with E-state index in [-0.39, 0.29) is 47.7 Å². The van der Waals surface area contributed by atoms with Gasteiger partial charge in [0.2, 0.25) is 0 Å². The number of anilines is 1. The van der Waals surface area contributed by atoms with E-state index < -0.39 is 33.8 Å². The fourth-order valence-electron chi connectivity index (χ4n) is 4.69. The van der Waals surface area contributed by atoms with Gasteiger partial charge in [-0.25, -0.2) is 9.71 Å². The van der Waals surface area contributed by atoms with Crippen molar-refractivity contribution < 1.29 is 31.1 Å². The van der Waals surface area contributed by atoms with Crippen LogP contribution in [0.15, 0.2) is 36.4 Å². The highest BCUT2D eigenvalue weighted by Gasteiger charge is 2.41. The second-order valence-corrected chi connectivity index (χ2v) is 11.6. The number of ether oxygens (including phenoxy) is 1. The van der Waals surface area contributed by atoms with Crippen LogP contribution in [-0.4, -0.2) is 61.2 Å². The lowest BCUT2D eigenvalue weighted by Gasteiger charge is -2.36. The Bertz CT molecular complexity index is 1290. The van der Waals surface area contributed by atoms with Crippen molar-refractivity contribution in [3.05, 3.63) is 42.0 Å². The Labute approximate surface area is 214 Å². The second kappa shape index (κ2) is 9.76. The summed E-state index contributed by atoms with van der Waals surface area (Å²) in [5.41, 5.74) is 5.59. The minimum atomic E-state index is -4.91. The molecule has 2 saturated heterocycles. The van der Waals surface area contributed by atoms with Crippen LogP contribution in [-0.2, 0) is 10.2 Å². The van der Waals surface area contributed by atoms with Crippen LogP contribution in [0.5, 0.6) is 5.75 Å². The number of rotatable bonds is 6. The zero-order valence-electron chi connectivity index (χ0n) is 20.7. The summed E-state index contributed by atoms with van der Waals surface area (Å²) >= 11 is 0. The standard InChI is InChI=1S/C24H30F3N5O4S/c1-15-10-13-32(23(15,2)3)21-18(22(33)30-37(34,35)31-12-11-16(28)14-31)8-9-19(29-21)17-6-4-5-7-20(17)36-24(25,26)27/h4-9,15-16H,10-14,28H2,1-3H3,(H,30,33)/t15?,16-/m0/s1. The van der Waals surface area contributed by atoms with Crippen molar-refractivity contribution in [2.45, 2.75) is 51.6 Å². The maximum atomic E-state index is 13.3. The first-order chi connectivity index (χ1) is 17.2. The van der Waals surface area contributed by atoms with Crippen LogP contribution in [0.3, 0.4) is 0 Å². The van der Waals surface area contributed by atoms with Crippen molar-refractivity contribution in [3.8, 4) is 17.0 Å². The number of hydrogen-bond acceptors (Lipinski definition) is 7. The average molecular weight is 542 g/mol. The van der Waals surface area contributed by atoms with E-state index >= 15 is 0 Å². The molecule has 1 aromatic heterocycles. The molecule has 1 aromatic carbocycles. The van der Waals surface area contributed by atoms with Crippen LogP contribution in [0.1, 0.15) is 44.0 Å². The number of amides is 1. The highest BCUT2D eigenvalue weighted by atomic mass is 32.2. The van der Waals surface area contributed by atoms with Gasteiger partial charge < -0.3 is 15.4 Å². The van der Waals surface area contributed by atoms with Gasteiger partial charge in [0.15, 0.2) is 0 Å². The van der Waals surface area contributed by atoms with Crippen molar-refractivity contribution in [2.75, 3.05) is 24.5 Å². The number of hydrogen-bond donors (Lipinski definition) is 2. The Morgan fingerprint density at radius 3 is 2.46 bits per heavy atom. The van der Waals surface area contributed by atoms with Gasteiger partial charge in [0.1, 0.15) is 11.6 Å². The monoisotopic (exact) mass is 541 g/mol. The van der Waals surface area contributed by atoms with E-state index in [0.29, 0.717) is 13.0 Å². The van der Waals surface area contributed by atoms with Crippen LogP contribution in [0.4, 0.5) is 19.0 Å². The van der Waals surface area contributed by atoms with Crippen molar-refractivity contribution >= 4 is 21.9 Å². The number of pyridine rings is 1. The molecule has 2 aliphatic heterocycles. The molecule has 4 rings (SSSR count). The molecule has 2 aliphatic rings. The number of nitrogens with zero attached hydrogens (tertiary/aromatic N) is 3. The van der Waals surface area contributed by atoms with Gasteiger partial charge in [-0.05, 0) is 56.9 Å². The predicted octanol–water partition coefficient (Wildman–Crippen LogP) is 3.28. The van der Waals surface area contributed by atoms with Crippen LogP contribution in [0, 0.1) is 5.92 Å². The van der Waals surface area contributed by atoms with Gasteiger partial charge in [-0.1, -0.05) is 19.1 Å². The zero-order valence-corrected chi connectivity index (χ0v) is 21.6. The molecule has 1 unspecified atom stereocenters. The fourth-order valence-corrected chi connectivity index (χ4v) is 5.90. The largest absolute Gasteiger partial charge is 0.573 e. The molecule has 13 heteroatoms. The van der Waals surface area contributed by atoms with Crippen molar-refractivity contribution in [3.63, 3.8) is 0 Å². The van der Waals surface area contributed by atoms with Crippen molar-refractivity contribution in [1.29, 1.82) is 0 Å². The third kappa shape index (κ3) is 5.68. The van der Waals surface area contributed by atoms with Crippen molar-refractivity contribution in [1.82, 2.24) is 14.0 Å². The molecule has 202 valence electrons. The van der Waals surface area contributed by atoms with Gasteiger partial charge in [-0.3, -0.25) is 4.79 Å². The van der Waals surface area contributed by atoms with Crippen LogP contribution in [0.2, 0.25) is 0 Å². The third-order valence-corrected chi connectivity index (χ3v) is 8.66. The van der Waals surface area contributed by atoms with Crippen molar-refractivity contribution in [2.24, 2.45) is 11.7 Å². The van der Waals surface area contributed by atoms with Crippen LogP contribution >= 0.6 is 0 Å². The number of nitrogens with two attached hydrogens (primary N) is 1. The Morgan fingerprint density at radius 1 is 1.16 bits per heavy atom. The van der Waals surface area contributed by atoms with Crippen LogP contribution < -0.4 is 20.1 Å². The molecule has 0 saturated carbocycles. The van der Waals surface area contributed by atoms with E-state index in [0.717, 1.165) is 10.7 Å². The number of halogens is 3. The summed E-state index contributed by atoms with van der Waals surface area (Å²) < 4.78 is 72.1. The first-order valence-electron chi connectivity index (χ1n) is 11.9. The van der Waals surface area contributed by atoms with E-state index in [1.54, 1.807) is 6.07 Å². The molecule has 0 aliphatic carbocycles. The molecule has 37 heavy (non-hydrogen) atoms. The molecule has 2 aromatic rings. The molecule has 0 radical (unpaired) electrons. The molecule has 1 amide bonds. The first-order valence-corrected chi connectivity index (χ1v) is 13.3. The SMILES string of the molecule is CC1CCN(c2nc(-c3ccccc3OC(F)(F)F)ccc2C(=O)NS(=O)(=O)N2CC[C@H](N)C2)C1(C)C. The number of nitrogens with one attached hydrogen (secondary N) is 1. The molecule has 3 N–H and O–H groups in total. The summed E-state index contributed by atoms with van der Waals surface area (Å²) in [4.78, 5) is 19.8. The van der Waals surface area contributed by atoms with Gasteiger partial charge in [-0.15, -0.1) is 13.2 Å². The molecule has 0 bridgehead atoms. The summed E-state index contributed by atoms with van der Waals surface area (Å²) in [6, 6.07) is 8.02. The first kappa shape index (κ1) is 27.1. The van der Waals surface area contributed by atoms with E-state index in [4.69, 9.17) is 5.73 Å². The van der Waals surface area contributed by atoms with Gasteiger partial charge in [0, 0.05) is 36.8 Å². The quantitative estimate of drug-likeness (QED) is 0.576. The Kier molecular flexibility index (Phi) is 7.16. The van der Waals surface area contributed by atoms with E-state index in [1.807, 2.05) is 18.7 Å².